The predicted octanol–water partition coefficient (Wildman–Crippen LogP) is 2.68. The normalized spacial score (nSPS) is 19.2. The van der Waals surface area contributed by atoms with E-state index in [9.17, 15) is 5.11 Å². The second-order valence-electron chi connectivity index (χ2n) is 9.89. The summed E-state index contributed by atoms with van der Waals surface area (Å²) in [7, 11) is 0.0938. The zero-order valence-corrected chi connectivity index (χ0v) is 18.4. The highest BCUT2D eigenvalue weighted by Crippen LogP contribution is 2.36. The molecule has 0 amide bonds. The maximum absolute atomic E-state index is 10.3. The highest BCUT2D eigenvalue weighted by molar-refractivity contribution is 6.62. The van der Waals surface area contributed by atoms with E-state index in [2.05, 4.69) is 64.1 Å². The maximum Gasteiger partial charge on any atom is 0.494 e. The molecule has 3 rings (SSSR count). The summed E-state index contributed by atoms with van der Waals surface area (Å²) in [5.41, 5.74) is -0.140. The first-order valence-corrected chi connectivity index (χ1v) is 9.96. The van der Waals surface area contributed by atoms with Gasteiger partial charge in [0.2, 0.25) is 0 Å². The third kappa shape index (κ3) is 4.02. The lowest BCUT2D eigenvalue weighted by molar-refractivity contribution is -0.0893. The second-order valence-corrected chi connectivity index (χ2v) is 9.89. The summed E-state index contributed by atoms with van der Waals surface area (Å²) < 4.78 is 18.3. The Morgan fingerprint density at radius 3 is 2.00 bits per heavy atom. The summed E-state index contributed by atoms with van der Waals surface area (Å²) in [5.74, 6) is 0. The molecule has 0 bridgehead atoms. The number of benzene rings is 2. The summed E-state index contributed by atoms with van der Waals surface area (Å²) in [6.07, 6.45) is 0. The van der Waals surface area contributed by atoms with E-state index < -0.39 is 11.2 Å². The van der Waals surface area contributed by atoms with E-state index in [1.807, 2.05) is 13.8 Å². The van der Waals surface area contributed by atoms with Gasteiger partial charge in [-0.05, 0) is 71.6 Å². The van der Waals surface area contributed by atoms with Crippen molar-refractivity contribution >= 4 is 36.3 Å². The highest BCUT2D eigenvalue weighted by Gasteiger charge is 2.51. The van der Waals surface area contributed by atoms with Crippen molar-refractivity contribution in [1.29, 1.82) is 0 Å². The number of rotatable bonds is 5. The molecule has 1 fully saturated rings. The van der Waals surface area contributed by atoms with Gasteiger partial charge in [-0.15, -0.1) is 0 Å². The van der Waals surface area contributed by atoms with E-state index in [-0.39, 0.29) is 18.3 Å². The topological polar surface area (TPSA) is 47.9 Å². The zero-order chi connectivity index (χ0) is 21.0. The van der Waals surface area contributed by atoms with Crippen molar-refractivity contribution in [2.75, 3.05) is 0 Å². The molecule has 6 heteroatoms. The summed E-state index contributed by atoms with van der Waals surface area (Å²) >= 11 is 0. The molecule has 28 heavy (non-hydrogen) atoms. The Bertz CT molecular complexity index is 852. The van der Waals surface area contributed by atoms with Crippen LogP contribution in [0.2, 0.25) is 0 Å². The molecule has 0 aromatic heterocycles. The third-order valence-corrected chi connectivity index (χ3v) is 6.53. The molecule has 1 aliphatic heterocycles. The average molecular weight is 382 g/mol. The van der Waals surface area contributed by atoms with Gasteiger partial charge < -0.3 is 19.1 Å². The van der Waals surface area contributed by atoms with Crippen LogP contribution in [0, 0.1) is 0 Å². The van der Waals surface area contributed by atoms with E-state index in [1.54, 1.807) is 13.8 Å². The number of hydrogen-bond acceptors (Lipinski definition) is 4. The SMILES string of the molecule is CC(C)(O)C(C)(C)OBc1ccc2cc(B3OC(C)(C)C(C)(C)O3)ccc2c1. The Kier molecular flexibility index (Phi) is 5.25. The van der Waals surface area contributed by atoms with Crippen molar-refractivity contribution < 1.29 is 19.1 Å². The van der Waals surface area contributed by atoms with Crippen LogP contribution in [0.15, 0.2) is 36.4 Å². The fraction of sp³-hybridized carbons (Fsp3) is 0.545. The lowest BCUT2D eigenvalue weighted by atomic mass is 9.77. The quantitative estimate of drug-likeness (QED) is 0.809. The zero-order valence-electron chi connectivity index (χ0n) is 18.4. The van der Waals surface area contributed by atoms with Gasteiger partial charge in [0.25, 0.3) is 0 Å². The van der Waals surface area contributed by atoms with Crippen LogP contribution in [0.3, 0.4) is 0 Å². The molecule has 1 N–H and O–H groups in total. The van der Waals surface area contributed by atoms with Gasteiger partial charge in [-0.2, -0.15) is 0 Å². The van der Waals surface area contributed by atoms with Crippen molar-refractivity contribution in [2.45, 2.75) is 77.8 Å². The molecule has 4 nitrogen and oxygen atoms in total. The minimum Gasteiger partial charge on any atom is -0.427 e. The molecular formula is C22H32B2O4. The third-order valence-electron chi connectivity index (χ3n) is 6.53. The fourth-order valence-corrected chi connectivity index (χ4v) is 2.97. The minimum absolute atomic E-state index is 0.346. The molecule has 1 saturated heterocycles. The maximum atomic E-state index is 10.3. The van der Waals surface area contributed by atoms with Crippen LogP contribution < -0.4 is 10.9 Å². The largest absolute Gasteiger partial charge is 0.494 e. The summed E-state index contributed by atoms with van der Waals surface area (Å²) in [5, 5.41) is 12.5. The summed E-state index contributed by atoms with van der Waals surface area (Å²) in [6.45, 7) is 15.6. The van der Waals surface area contributed by atoms with Crippen LogP contribution in [0.25, 0.3) is 10.8 Å². The molecule has 0 atom stereocenters. The van der Waals surface area contributed by atoms with Crippen molar-refractivity contribution in [1.82, 2.24) is 0 Å². The first-order chi connectivity index (χ1) is 12.7. The molecule has 2 aromatic carbocycles. The van der Waals surface area contributed by atoms with E-state index in [0.717, 1.165) is 21.7 Å². The van der Waals surface area contributed by atoms with Crippen molar-refractivity contribution in [3.05, 3.63) is 36.4 Å². The van der Waals surface area contributed by atoms with Gasteiger partial charge in [0.1, 0.15) is 0 Å². The first-order valence-electron chi connectivity index (χ1n) is 9.96. The molecule has 0 spiro atoms. The number of fused-ring (bicyclic) bond motifs is 1. The second kappa shape index (κ2) is 6.87. The molecule has 0 radical (unpaired) electrons. The van der Waals surface area contributed by atoms with Crippen molar-refractivity contribution in [3.63, 3.8) is 0 Å². The van der Waals surface area contributed by atoms with Gasteiger partial charge in [-0.1, -0.05) is 41.9 Å². The Balaban J connectivity index is 1.78. The fourth-order valence-electron chi connectivity index (χ4n) is 2.97. The van der Waals surface area contributed by atoms with Gasteiger partial charge >= 0.3 is 14.6 Å². The Labute approximate surface area is 170 Å². The van der Waals surface area contributed by atoms with Gasteiger partial charge in [0.05, 0.1) is 22.4 Å². The molecule has 0 aliphatic carbocycles. The monoisotopic (exact) mass is 382 g/mol. The van der Waals surface area contributed by atoms with E-state index in [0.29, 0.717) is 7.48 Å². The Hall–Kier alpha value is -1.33. The lowest BCUT2D eigenvalue weighted by Crippen LogP contribution is -2.49. The van der Waals surface area contributed by atoms with Crippen LogP contribution in [-0.4, -0.2) is 42.1 Å². The standard InChI is InChI=1S/C22H32B2O4/c1-19(2,25)20(3,4)26-23-17-11-9-16-14-18(12-10-15(16)13-17)24-27-21(5,6)22(7,8)28-24/h9-14,23,25H,1-8H3. The van der Waals surface area contributed by atoms with Crippen LogP contribution in [0.4, 0.5) is 0 Å². The molecule has 2 aromatic rings. The van der Waals surface area contributed by atoms with E-state index in [4.69, 9.17) is 14.0 Å². The predicted molar refractivity (Wildman–Crippen MR) is 118 cm³/mol. The molecule has 0 saturated carbocycles. The van der Waals surface area contributed by atoms with Crippen molar-refractivity contribution in [2.24, 2.45) is 0 Å². The van der Waals surface area contributed by atoms with Crippen molar-refractivity contribution in [3.8, 4) is 0 Å². The van der Waals surface area contributed by atoms with Gasteiger partial charge in [0.15, 0.2) is 0 Å². The Morgan fingerprint density at radius 1 is 0.893 bits per heavy atom. The minimum atomic E-state index is -0.915. The van der Waals surface area contributed by atoms with Crippen LogP contribution in [0.1, 0.15) is 55.4 Å². The van der Waals surface area contributed by atoms with Gasteiger partial charge in [-0.25, -0.2) is 0 Å². The number of hydrogen-bond donors (Lipinski definition) is 1. The summed E-state index contributed by atoms with van der Waals surface area (Å²) in [6, 6.07) is 12.6. The first kappa shape index (κ1) is 21.4. The van der Waals surface area contributed by atoms with E-state index >= 15 is 0 Å². The lowest BCUT2D eigenvalue weighted by Gasteiger charge is -2.37. The number of aliphatic hydroxyl groups is 1. The molecular weight excluding hydrogens is 350 g/mol. The van der Waals surface area contributed by atoms with Gasteiger partial charge in [-0.3, -0.25) is 0 Å². The smallest absolute Gasteiger partial charge is 0.427 e. The molecule has 0 unspecified atom stereocenters. The van der Waals surface area contributed by atoms with Crippen LogP contribution in [-0.2, 0) is 14.0 Å². The van der Waals surface area contributed by atoms with Gasteiger partial charge in [0, 0.05) is 0 Å². The van der Waals surface area contributed by atoms with Crippen LogP contribution >= 0.6 is 0 Å². The summed E-state index contributed by atoms with van der Waals surface area (Å²) in [4.78, 5) is 0. The Morgan fingerprint density at radius 2 is 1.43 bits per heavy atom. The van der Waals surface area contributed by atoms with Crippen LogP contribution in [0.5, 0.6) is 0 Å². The van der Waals surface area contributed by atoms with E-state index in [1.165, 1.54) is 0 Å². The molecule has 1 heterocycles. The molecule has 1 aliphatic rings. The molecule has 150 valence electrons. The average Bonchev–Trinajstić information content (AvgIpc) is 2.79. The highest BCUT2D eigenvalue weighted by atomic mass is 16.7.